The number of fused-ring (bicyclic) bond motifs is 1. The zero-order valence-corrected chi connectivity index (χ0v) is 22.1. The Morgan fingerprint density at radius 1 is 1.00 bits per heavy atom. The third-order valence-corrected chi connectivity index (χ3v) is 8.73. The van der Waals surface area contributed by atoms with Crippen LogP contribution in [-0.2, 0) is 6.54 Å². The highest BCUT2D eigenvalue weighted by Crippen LogP contribution is 2.41. The van der Waals surface area contributed by atoms with Crippen molar-refractivity contribution in [2.24, 2.45) is 11.3 Å². The Morgan fingerprint density at radius 2 is 1.71 bits per heavy atom. The maximum absolute atomic E-state index is 6.82. The van der Waals surface area contributed by atoms with Crippen LogP contribution in [0.25, 0.3) is 10.8 Å². The Bertz CT molecular complexity index is 878. The molecule has 2 aliphatic rings. The summed E-state index contributed by atoms with van der Waals surface area (Å²) in [7, 11) is 0. The van der Waals surface area contributed by atoms with Crippen LogP contribution in [-0.4, -0.2) is 23.6 Å². The van der Waals surface area contributed by atoms with Gasteiger partial charge in [-0.25, -0.2) is 0 Å². The van der Waals surface area contributed by atoms with E-state index >= 15 is 0 Å². The molecule has 1 saturated heterocycles. The minimum Gasteiger partial charge on any atom is -0.490 e. The summed E-state index contributed by atoms with van der Waals surface area (Å²) in [6.07, 6.45) is 10.6. The SMILES string of the molecule is CCC1CCCCN1Cc1c(OC2CCC(C(C)(C)C)CC2)cc(I)c2ccccc12. The minimum atomic E-state index is 0.359. The van der Waals surface area contributed by atoms with Gasteiger partial charge in [-0.05, 0) is 102 Å². The van der Waals surface area contributed by atoms with Gasteiger partial charge in [-0.1, -0.05) is 58.4 Å². The molecule has 0 amide bonds. The van der Waals surface area contributed by atoms with Gasteiger partial charge in [0.1, 0.15) is 5.75 Å². The largest absolute Gasteiger partial charge is 0.490 e. The van der Waals surface area contributed by atoms with E-state index in [0.717, 1.165) is 18.2 Å². The van der Waals surface area contributed by atoms with E-state index in [1.54, 1.807) is 0 Å². The number of benzene rings is 2. The van der Waals surface area contributed by atoms with Crippen molar-refractivity contribution in [2.75, 3.05) is 6.54 Å². The molecule has 1 unspecified atom stereocenters. The summed E-state index contributed by atoms with van der Waals surface area (Å²) in [6.45, 7) is 11.8. The minimum absolute atomic E-state index is 0.359. The molecule has 31 heavy (non-hydrogen) atoms. The molecule has 0 bridgehead atoms. The number of nitrogens with zero attached hydrogens (tertiary/aromatic N) is 1. The van der Waals surface area contributed by atoms with Gasteiger partial charge in [0.05, 0.1) is 6.10 Å². The van der Waals surface area contributed by atoms with Crippen LogP contribution in [0.2, 0.25) is 0 Å². The number of piperidine rings is 1. The zero-order chi connectivity index (χ0) is 22.0. The first-order chi connectivity index (χ1) is 14.9. The van der Waals surface area contributed by atoms with E-state index in [1.165, 1.54) is 77.8 Å². The molecule has 2 fully saturated rings. The number of ether oxygens (including phenoxy) is 1. The molecule has 1 aliphatic heterocycles. The molecule has 170 valence electrons. The van der Waals surface area contributed by atoms with Crippen LogP contribution in [0.5, 0.6) is 5.75 Å². The van der Waals surface area contributed by atoms with E-state index in [1.807, 2.05) is 0 Å². The van der Waals surface area contributed by atoms with Crippen molar-refractivity contribution >= 4 is 33.4 Å². The molecule has 0 N–H and O–H groups in total. The fraction of sp³-hybridized carbons (Fsp3) is 0.643. The number of rotatable bonds is 5. The predicted molar refractivity (Wildman–Crippen MR) is 141 cm³/mol. The number of halogens is 1. The van der Waals surface area contributed by atoms with Crippen LogP contribution >= 0.6 is 22.6 Å². The lowest BCUT2D eigenvalue weighted by molar-refractivity contribution is 0.0853. The Morgan fingerprint density at radius 3 is 2.39 bits per heavy atom. The van der Waals surface area contributed by atoms with Crippen molar-refractivity contribution in [3.63, 3.8) is 0 Å². The summed E-state index contributed by atoms with van der Waals surface area (Å²) in [5, 5.41) is 2.75. The van der Waals surface area contributed by atoms with Gasteiger partial charge in [0.15, 0.2) is 0 Å². The first kappa shape index (κ1) is 23.4. The Balaban J connectivity index is 1.61. The lowest BCUT2D eigenvalue weighted by Crippen LogP contribution is -2.38. The smallest absolute Gasteiger partial charge is 0.125 e. The number of likely N-dealkylation sites (tertiary alicyclic amines) is 1. The highest BCUT2D eigenvalue weighted by Gasteiger charge is 2.31. The Hall–Kier alpha value is -0.810. The molecule has 1 saturated carbocycles. The first-order valence-electron chi connectivity index (χ1n) is 12.5. The van der Waals surface area contributed by atoms with Crippen LogP contribution in [0.4, 0.5) is 0 Å². The van der Waals surface area contributed by atoms with Crippen LogP contribution in [0.15, 0.2) is 30.3 Å². The summed E-state index contributed by atoms with van der Waals surface area (Å²) in [5.74, 6) is 1.96. The third kappa shape index (κ3) is 5.40. The summed E-state index contributed by atoms with van der Waals surface area (Å²) < 4.78 is 8.12. The van der Waals surface area contributed by atoms with E-state index in [4.69, 9.17) is 4.74 Å². The van der Waals surface area contributed by atoms with Crippen LogP contribution in [0, 0.1) is 14.9 Å². The Labute approximate surface area is 203 Å². The number of hydrogen-bond donors (Lipinski definition) is 0. The van der Waals surface area contributed by atoms with E-state index < -0.39 is 0 Å². The van der Waals surface area contributed by atoms with Crippen molar-refractivity contribution in [3.8, 4) is 5.75 Å². The molecule has 0 aromatic heterocycles. The van der Waals surface area contributed by atoms with E-state index in [0.29, 0.717) is 17.6 Å². The van der Waals surface area contributed by atoms with Gasteiger partial charge < -0.3 is 4.74 Å². The third-order valence-electron chi connectivity index (χ3n) is 7.84. The zero-order valence-electron chi connectivity index (χ0n) is 19.9. The highest BCUT2D eigenvalue weighted by molar-refractivity contribution is 14.1. The highest BCUT2D eigenvalue weighted by atomic mass is 127. The topological polar surface area (TPSA) is 12.5 Å². The number of hydrogen-bond acceptors (Lipinski definition) is 2. The van der Waals surface area contributed by atoms with Crippen LogP contribution < -0.4 is 4.74 Å². The fourth-order valence-electron chi connectivity index (χ4n) is 5.80. The average molecular weight is 534 g/mol. The molecule has 3 heteroatoms. The van der Waals surface area contributed by atoms with E-state index in [2.05, 4.69) is 85.5 Å². The maximum atomic E-state index is 6.82. The van der Waals surface area contributed by atoms with Crippen molar-refractivity contribution in [1.29, 1.82) is 0 Å². The van der Waals surface area contributed by atoms with Gasteiger partial charge in [-0.2, -0.15) is 0 Å². The molecule has 0 spiro atoms. The van der Waals surface area contributed by atoms with Gasteiger partial charge >= 0.3 is 0 Å². The predicted octanol–water partition coefficient (Wildman–Crippen LogP) is 8.19. The molecular formula is C28H40INO. The van der Waals surface area contributed by atoms with Crippen molar-refractivity contribution in [3.05, 3.63) is 39.5 Å². The molecule has 1 aliphatic carbocycles. The average Bonchev–Trinajstić information content (AvgIpc) is 2.76. The summed E-state index contributed by atoms with van der Waals surface area (Å²) >= 11 is 2.50. The van der Waals surface area contributed by atoms with E-state index in [-0.39, 0.29) is 0 Å². The Kier molecular flexibility index (Phi) is 7.52. The van der Waals surface area contributed by atoms with Gasteiger partial charge in [0.25, 0.3) is 0 Å². The monoisotopic (exact) mass is 533 g/mol. The second-order valence-corrected chi connectivity index (χ2v) is 12.0. The van der Waals surface area contributed by atoms with Gasteiger partial charge in [0.2, 0.25) is 0 Å². The normalized spacial score (nSPS) is 25.6. The maximum Gasteiger partial charge on any atom is 0.125 e. The molecule has 4 rings (SSSR count). The molecule has 0 radical (unpaired) electrons. The molecule has 2 nitrogen and oxygen atoms in total. The van der Waals surface area contributed by atoms with Crippen molar-refractivity contribution < 1.29 is 4.74 Å². The second kappa shape index (κ2) is 9.99. The summed E-state index contributed by atoms with van der Waals surface area (Å²) in [5.41, 5.74) is 1.83. The molecule has 1 heterocycles. The fourth-order valence-corrected chi connectivity index (χ4v) is 6.55. The summed E-state index contributed by atoms with van der Waals surface area (Å²) in [6, 6.07) is 12.0. The van der Waals surface area contributed by atoms with Crippen molar-refractivity contribution in [1.82, 2.24) is 4.90 Å². The standard InChI is InChI=1S/C28H40INO/c1-5-21-10-8-9-17-30(21)19-25-23-11-6-7-12-24(23)26(29)18-27(25)31-22-15-13-20(14-16-22)28(2,3)4/h6-7,11-12,18,20-22H,5,8-10,13-17,19H2,1-4H3. The van der Waals surface area contributed by atoms with Crippen LogP contribution in [0.3, 0.4) is 0 Å². The second-order valence-electron chi connectivity index (χ2n) is 10.9. The molecule has 2 aromatic rings. The lowest BCUT2D eigenvalue weighted by Gasteiger charge is -2.38. The van der Waals surface area contributed by atoms with Crippen molar-refractivity contribution in [2.45, 2.75) is 97.8 Å². The molecular weight excluding hydrogens is 493 g/mol. The van der Waals surface area contributed by atoms with Gasteiger partial charge in [-0.3, -0.25) is 4.90 Å². The van der Waals surface area contributed by atoms with E-state index in [9.17, 15) is 0 Å². The van der Waals surface area contributed by atoms with Gasteiger partial charge in [-0.15, -0.1) is 0 Å². The summed E-state index contributed by atoms with van der Waals surface area (Å²) in [4.78, 5) is 2.72. The molecule has 1 atom stereocenters. The lowest BCUT2D eigenvalue weighted by atomic mass is 9.72. The quantitative estimate of drug-likeness (QED) is 0.359. The first-order valence-corrected chi connectivity index (χ1v) is 13.6. The van der Waals surface area contributed by atoms with Gasteiger partial charge in [0, 0.05) is 21.7 Å². The van der Waals surface area contributed by atoms with Crippen LogP contribution in [0.1, 0.15) is 84.6 Å². The molecule has 2 aromatic carbocycles.